The van der Waals surface area contributed by atoms with E-state index in [1.54, 1.807) is 12.3 Å². The number of nitrogens with one attached hydrogen (secondary N) is 2. The van der Waals surface area contributed by atoms with Crippen LogP contribution in [0.5, 0.6) is 0 Å². The largest absolute Gasteiger partial charge is 0.381 e. The molecule has 0 aliphatic carbocycles. The summed E-state index contributed by atoms with van der Waals surface area (Å²) >= 11 is 0. The monoisotopic (exact) mass is 422 g/mol. The van der Waals surface area contributed by atoms with Gasteiger partial charge in [0.05, 0.1) is 22.8 Å². The first-order valence-electron chi connectivity index (χ1n) is 11.3. The van der Waals surface area contributed by atoms with Crippen molar-refractivity contribution in [2.24, 2.45) is 0 Å². The lowest BCUT2D eigenvalue weighted by atomic mass is 10.0. The fourth-order valence-corrected chi connectivity index (χ4v) is 3.92. The van der Waals surface area contributed by atoms with Crippen molar-refractivity contribution in [1.82, 2.24) is 25.1 Å². The van der Waals surface area contributed by atoms with Crippen LogP contribution in [-0.4, -0.2) is 31.7 Å². The molecule has 3 rings (SSSR count). The maximum Gasteiger partial charge on any atom is 0.253 e. The molecule has 0 saturated carbocycles. The maximum atomic E-state index is 12.7. The second-order valence-electron chi connectivity index (χ2n) is 8.04. The van der Waals surface area contributed by atoms with E-state index in [1.165, 1.54) is 0 Å². The smallest absolute Gasteiger partial charge is 0.253 e. The van der Waals surface area contributed by atoms with Gasteiger partial charge in [0.15, 0.2) is 5.65 Å². The van der Waals surface area contributed by atoms with Gasteiger partial charge in [0.25, 0.3) is 5.91 Å². The highest BCUT2D eigenvalue weighted by Gasteiger charge is 2.19. The van der Waals surface area contributed by atoms with Gasteiger partial charge in [0, 0.05) is 42.3 Å². The predicted molar refractivity (Wildman–Crippen MR) is 125 cm³/mol. The summed E-state index contributed by atoms with van der Waals surface area (Å²) in [6.45, 7) is 11.6. The van der Waals surface area contributed by atoms with Crippen LogP contribution in [0.25, 0.3) is 11.0 Å². The fourth-order valence-electron chi connectivity index (χ4n) is 3.92. The van der Waals surface area contributed by atoms with Crippen molar-refractivity contribution in [3.05, 3.63) is 47.0 Å². The molecule has 0 saturated heterocycles. The quantitative estimate of drug-likeness (QED) is 0.491. The third-order valence-electron chi connectivity index (χ3n) is 5.61. The van der Waals surface area contributed by atoms with Crippen LogP contribution in [0.2, 0.25) is 0 Å². The lowest BCUT2D eigenvalue weighted by Gasteiger charge is -2.23. The molecular weight excluding hydrogens is 388 g/mol. The molecule has 7 nitrogen and oxygen atoms in total. The lowest BCUT2D eigenvalue weighted by Crippen LogP contribution is -2.26. The summed E-state index contributed by atoms with van der Waals surface area (Å²) in [6, 6.07) is 4.02. The van der Waals surface area contributed by atoms with Gasteiger partial charge in [-0.3, -0.25) is 9.78 Å². The Labute approximate surface area is 184 Å². The van der Waals surface area contributed by atoms with Gasteiger partial charge in [0.2, 0.25) is 0 Å². The number of rotatable bonds is 10. The van der Waals surface area contributed by atoms with Crippen LogP contribution in [-0.2, 0) is 13.1 Å². The molecule has 0 aromatic carbocycles. The molecule has 0 atom stereocenters. The minimum absolute atomic E-state index is 0.138. The van der Waals surface area contributed by atoms with Crippen LogP contribution in [0.1, 0.15) is 73.8 Å². The molecule has 0 spiro atoms. The maximum absolute atomic E-state index is 12.7. The van der Waals surface area contributed by atoms with Crippen LogP contribution in [0.15, 0.2) is 24.5 Å². The van der Waals surface area contributed by atoms with E-state index in [0.29, 0.717) is 18.2 Å². The number of aromatic nitrogens is 4. The summed E-state index contributed by atoms with van der Waals surface area (Å²) in [6.07, 6.45) is 7.93. The number of pyridine rings is 2. The van der Waals surface area contributed by atoms with Gasteiger partial charge in [-0.1, -0.05) is 26.7 Å². The number of carbonyl (C=O) groups is 1. The molecule has 31 heavy (non-hydrogen) atoms. The Bertz CT molecular complexity index is 1020. The third-order valence-corrected chi connectivity index (χ3v) is 5.61. The van der Waals surface area contributed by atoms with E-state index in [-0.39, 0.29) is 5.91 Å². The molecule has 3 aromatic heterocycles. The molecule has 0 unspecified atom stereocenters. The molecule has 3 heterocycles. The Balaban J connectivity index is 1.95. The number of hydrogen-bond donors (Lipinski definition) is 2. The SMILES string of the molecule is CCCC(CCC)Nc1c(CNC(=O)c2ccc(C)nc2)c(C)nc2c1cnn2CC. The molecule has 1 amide bonds. The topological polar surface area (TPSA) is 84.7 Å². The zero-order valence-electron chi connectivity index (χ0n) is 19.3. The van der Waals surface area contributed by atoms with Crippen molar-refractivity contribution in [2.45, 2.75) is 79.4 Å². The van der Waals surface area contributed by atoms with Crippen molar-refractivity contribution in [3.8, 4) is 0 Å². The van der Waals surface area contributed by atoms with Crippen molar-refractivity contribution in [2.75, 3.05) is 5.32 Å². The molecule has 166 valence electrons. The molecule has 0 bridgehead atoms. The number of anilines is 1. The second-order valence-corrected chi connectivity index (χ2v) is 8.04. The average molecular weight is 423 g/mol. The predicted octanol–water partition coefficient (Wildman–Crippen LogP) is 4.77. The lowest BCUT2D eigenvalue weighted by molar-refractivity contribution is 0.0950. The summed E-state index contributed by atoms with van der Waals surface area (Å²) < 4.78 is 1.92. The molecule has 0 fully saturated rings. The minimum Gasteiger partial charge on any atom is -0.381 e. The molecule has 0 aliphatic rings. The van der Waals surface area contributed by atoms with Gasteiger partial charge in [-0.25, -0.2) is 9.67 Å². The summed E-state index contributed by atoms with van der Waals surface area (Å²) in [5, 5.41) is 12.4. The van der Waals surface area contributed by atoms with E-state index in [9.17, 15) is 4.79 Å². The second kappa shape index (κ2) is 10.4. The van der Waals surface area contributed by atoms with E-state index in [2.05, 4.69) is 41.5 Å². The van der Waals surface area contributed by atoms with Crippen LogP contribution in [0.4, 0.5) is 5.69 Å². The van der Waals surface area contributed by atoms with Crippen molar-refractivity contribution < 1.29 is 4.79 Å². The Morgan fingerprint density at radius 2 is 1.84 bits per heavy atom. The zero-order chi connectivity index (χ0) is 22.4. The number of hydrogen-bond acceptors (Lipinski definition) is 5. The first-order chi connectivity index (χ1) is 15.0. The molecule has 0 aliphatic heterocycles. The minimum atomic E-state index is -0.138. The number of nitrogens with zero attached hydrogens (tertiary/aromatic N) is 4. The van der Waals surface area contributed by atoms with Crippen LogP contribution >= 0.6 is 0 Å². The summed E-state index contributed by atoms with van der Waals surface area (Å²) in [5.74, 6) is -0.138. The highest BCUT2D eigenvalue weighted by Crippen LogP contribution is 2.30. The highest BCUT2D eigenvalue weighted by molar-refractivity contribution is 5.95. The molecule has 0 radical (unpaired) electrons. The first kappa shape index (κ1) is 22.7. The van der Waals surface area contributed by atoms with E-state index < -0.39 is 0 Å². The number of aryl methyl sites for hydroxylation is 3. The highest BCUT2D eigenvalue weighted by atomic mass is 16.1. The van der Waals surface area contributed by atoms with Crippen LogP contribution in [0, 0.1) is 13.8 Å². The summed E-state index contributed by atoms with van der Waals surface area (Å²) in [4.78, 5) is 21.7. The van der Waals surface area contributed by atoms with Gasteiger partial charge in [-0.2, -0.15) is 5.10 Å². The summed E-state index contributed by atoms with van der Waals surface area (Å²) in [7, 11) is 0. The van der Waals surface area contributed by atoms with Crippen LogP contribution < -0.4 is 10.6 Å². The molecule has 3 aromatic rings. The number of fused-ring (bicyclic) bond motifs is 1. The van der Waals surface area contributed by atoms with E-state index >= 15 is 0 Å². The van der Waals surface area contributed by atoms with E-state index in [4.69, 9.17) is 4.98 Å². The molecular formula is C24H34N6O. The van der Waals surface area contributed by atoms with Crippen molar-refractivity contribution >= 4 is 22.6 Å². The Morgan fingerprint density at radius 1 is 1.10 bits per heavy atom. The number of amides is 1. The van der Waals surface area contributed by atoms with Gasteiger partial charge in [-0.05, 0) is 45.7 Å². The standard InChI is InChI=1S/C24H34N6O/c1-6-9-19(10-7-2)29-22-20(14-26-24(31)18-12-11-16(4)25-13-18)17(5)28-23-21(22)15-27-30(23)8-3/h11-13,15,19H,6-10,14H2,1-5H3,(H,26,31)(H,28,29). The van der Waals surface area contributed by atoms with Gasteiger partial charge in [0.1, 0.15) is 0 Å². The molecule has 7 heteroatoms. The Morgan fingerprint density at radius 3 is 2.45 bits per heavy atom. The van der Waals surface area contributed by atoms with Crippen LogP contribution in [0.3, 0.4) is 0 Å². The van der Waals surface area contributed by atoms with Crippen molar-refractivity contribution in [3.63, 3.8) is 0 Å². The average Bonchev–Trinajstić information content (AvgIpc) is 3.16. The zero-order valence-corrected chi connectivity index (χ0v) is 19.3. The van der Waals surface area contributed by atoms with Gasteiger partial charge < -0.3 is 10.6 Å². The Kier molecular flexibility index (Phi) is 7.60. The normalized spacial score (nSPS) is 11.3. The van der Waals surface area contributed by atoms with Gasteiger partial charge in [-0.15, -0.1) is 0 Å². The number of carbonyl (C=O) groups excluding carboxylic acids is 1. The van der Waals surface area contributed by atoms with E-state index in [0.717, 1.165) is 65.9 Å². The third kappa shape index (κ3) is 5.21. The summed E-state index contributed by atoms with van der Waals surface area (Å²) in [5.41, 5.74) is 5.27. The Hall–Kier alpha value is -2.96. The first-order valence-corrected chi connectivity index (χ1v) is 11.3. The van der Waals surface area contributed by atoms with E-state index in [1.807, 2.05) is 30.8 Å². The van der Waals surface area contributed by atoms with Gasteiger partial charge >= 0.3 is 0 Å². The fraction of sp³-hybridized carbons (Fsp3) is 0.500. The van der Waals surface area contributed by atoms with Crippen molar-refractivity contribution in [1.29, 1.82) is 0 Å². The molecule has 2 N–H and O–H groups in total.